The maximum atomic E-state index is 13.5. The van der Waals surface area contributed by atoms with Gasteiger partial charge in [0.05, 0.1) is 36.9 Å². The summed E-state index contributed by atoms with van der Waals surface area (Å²) in [6.07, 6.45) is 10.4. The number of aromatic amines is 2. The van der Waals surface area contributed by atoms with Gasteiger partial charge in [-0.15, -0.1) is 0 Å². The molecular weight excluding hydrogens is 576 g/mol. The van der Waals surface area contributed by atoms with Gasteiger partial charge in [0.15, 0.2) is 0 Å². The molecule has 3 fully saturated rings. The Morgan fingerprint density at radius 2 is 1.63 bits per heavy atom. The van der Waals surface area contributed by atoms with Gasteiger partial charge in [0.2, 0.25) is 5.91 Å². The fraction of sp³-hybridized carbons (Fsp3) is 0.459. The number of fused-ring (bicyclic) bond motifs is 2. The standard InChI is InChI=1S/C37H44N6O3/c1-21(2)33(42-37(45)46-4)36(44)43-15-5-6-32(43)35-39-20-31(41-35)28-14-13-26(16-22(28)3)24-9-11-25(12-10-24)30-19-38-34(40-30)29-18-23-7-8-27(29)17-23/h9-14,16,19-21,23,27,29,32-33H,5-8,15,17-18H2,1-4H3,(H,38,40)(H,39,41)(H,42,45). The molecule has 3 heterocycles. The molecule has 2 amide bonds. The van der Waals surface area contributed by atoms with Crippen LogP contribution in [0, 0.1) is 24.7 Å². The maximum Gasteiger partial charge on any atom is 0.407 e. The Hall–Kier alpha value is -4.40. The largest absolute Gasteiger partial charge is 0.453 e. The molecule has 2 bridgehead atoms. The average molecular weight is 621 g/mol. The summed E-state index contributed by atoms with van der Waals surface area (Å²) in [4.78, 5) is 43.9. The SMILES string of the molecule is COC(=O)NC(C(=O)N1CCCC1c1ncc(-c2ccc(-c3ccc(-c4cnc(C5CC6CCC5C6)[nH]4)cc3)cc2C)[nH]1)C(C)C. The zero-order chi connectivity index (χ0) is 31.9. The fourth-order valence-electron chi connectivity index (χ4n) is 8.07. The van der Waals surface area contributed by atoms with Crippen molar-refractivity contribution >= 4 is 12.0 Å². The third-order valence-corrected chi connectivity index (χ3v) is 10.6. The van der Waals surface area contributed by atoms with Gasteiger partial charge in [-0.25, -0.2) is 14.8 Å². The van der Waals surface area contributed by atoms with Crippen LogP contribution in [0.15, 0.2) is 54.9 Å². The molecule has 2 aromatic heterocycles. The molecule has 240 valence electrons. The van der Waals surface area contributed by atoms with E-state index in [0.717, 1.165) is 69.7 Å². The van der Waals surface area contributed by atoms with Crippen molar-refractivity contribution in [2.24, 2.45) is 17.8 Å². The van der Waals surface area contributed by atoms with Crippen LogP contribution >= 0.6 is 0 Å². The highest BCUT2D eigenvalue weighted by Crippen LogP contribution is 2.52. The van der Waals surface area contributed by atoms with Crippen LogP contribution in [0.3, 0.4) is 0 Å². The number of nitrogens with one attached hydrogen (secondary N) is 3. The van der Waals surface area contributed by atoms with Crippen LogP contribution < -0.4 is 5.32 Å². The second-order valence-electron chi connectivity index (χ2n) is 13.8. The normalized spacial score (nSPS) is 22.8. The molecule has 2 saturated carbocycles. The molecule has 5 atom stereocenters. The van der Waals surface area contributed by atoms with Crippen LogP contribution in [-0.4, -0.2) is 56.5 Å². The minimum absolute atomic E-state index is 0.0765. The molecule has 46 heavy (non-hydrogen) atoms. The monoisotopic (exact) mass is 620 g/mol. The number of carbonyl (C=O) groups is 2. The number of H-pyrrole nitrogens is 2. The van der Waals surface area contributed by atoms with Gasteiger partial charge in [-0.05, 0) is 79.0 Å². The molecule has 9 nitrogen and oxygen atoms in total. The smallest absolute Gasteiger partial charge is 0.407 e. The summed E-state index contributed by atoms with van der Waals surface area (Å²) < 4.78 is 4.76. The summed E-state index contributed by atoms with van der Waals surface area (Å²) >= 11 is 0. The number of aromatic nitrogens is 4. The van der Waals surface area contributed by atoms with Crippen molar-refractivity contribution in [3.05, 3.63) is 72.1 Å². The number of hydrogen-bond donors (Lipinski definition) is 3. The van der Waals surface area contributed by atoms with E-state index < -0.39 is 12.1 Å². The lowest BCUT2D eigenvalue weighted by Gasteiger charge is -2.30. The van der Waals surface area contributed by atoms with Gasteiger partial charge in [0.25, 0.3) is 0 Å². The number of benzene rings is 2. The van der Waals surface area contributed by atoms with Crippen molar-refractivity contribution in [3.8, 4) is 33.6 Å². The Bertz CT molecular complexity index is 1720. The van der Waals surface area contributed by atoms with Gasteiger partial charge in [-0.2, -0.15) is 0 Å². The second-order valence-corrected chi connectivity index (χ2v) is 13.8. The van der Waals surface area contributed by atoms with E-state index in [0.29, 0.717) is 12.5 Å². The predicted molar refractivity (Wildman–Crippen MR) is 178 cm³/mol. The average Bonchev–Trinajstić information content (AvgIpc) is 3.91. The number of methoxy groups -OCH3 is 1. The highest BCUT2D eigenvalue weighted by Gasteiger charge is 2.41. The second kappa shape index (κ2) is 12.4. The Kier molecular flexibility index (Phi) is 8.17. The number of hydrogen-bond acceptors (Lipinski definition) is 5. The molecular formula is C37H44N6O3. The van der Waals surface area contributed by atoms with Crippen LogP contribution in [0.1, 0.15) is 81.5 Å². The van der Waals surface area contributed by atoms with E-state index in [9.17, 15) is 9.59 Å². The summed E-state index contributed by atoms with van der Waals surface area (Å²) in [5.74, 6) is 4.07. The first-order valence-electron chi connectivity index (χ1n) is 16.8. The van der Waals surface area contributed by atoms with Crippen LogP contribution in [0.25, 0.3) is 33.6 Å². The zero-order valence-electron chi connectivity index (χ0n) is 27.2. The van der Waals surface area contributed by atoms with Crippen LogP contribution in [0.5, 0.6) is 0 Å². The number of aryl methyl sites for hydroxylation is 1. The van der Waals surface area contributed by atoms with Crippen molar-refractivity contribution in [2.45, 2.75) is 77.3 Å². The molecule has 2 aromatic carbocycles. The summed E-state index contributed by atoms with van der Waals surface area (Å²) in [6.45, 7) is 6.58. The Morgan fingerprint density at radius 3 is 2.33 bits per heavy atom. The van der Waals surface area contributed by atoms with Crippen LogP contribution in [0.2, 0.25) is 0 Å². The number of rotatable bonds is 8. The van der Waals surface area contributed by atoms with Gasteiger partial charge >= 0.3 is 6.09 Å². The lowest BCUT2D eigenvalue weighted by Crippen LogP contribution is -2.51. The molecule has 1 aliphatic heterocycles. The first kappa shape index (κ1) is 30.3. The lowest BCUT2D eigenvalue weighted by atomic mass is 9.88. The summed E-state index contributed by atoms with van der Waals surface area (Å²) in [5, 5.41) is 2.71. The molecule has 1 saturated heterocycles. The fourth-order valence-corrected chi connectivity index (χ4v) is 8.07. The minimum atomic E-state index is -0.657. The third kappa shape index (κ3) is 5.72. The molecule has 2 aliphatic carbocycles. The number of carbonyl (C=O) groups excluding carboxylic acids is 2. The summed E-state index contributed by atoms with van der Waals surface area (Å²) in [5.41, 5.74) is 7.71. The molecule has 9 heteroatoms. The lowest BCUT2D eigenvalue weighted by molar-refractivity contribution is -0.135. The number of alkyl carbamates (subject to hydrolysis) is 1. The van der Waals surface area contributed by atoms with E-state index >= 15 is 0 Å². The molecule has 3 aliphatic rings. The molecule has 3 N–H and O–H groups in total. The van der Waals surface area contributed by atoms with Crippen molar-refractivity contribution in [1.82, 2.24) is 30.2 Å². The predicted octanol–water partition coefficient (Wildman–Crippen LogP) is 7.39. The zero-order valence-corrected chi connectivity index (χ0v) is 27.2. The Labute approximate surface area is 270 Å². The Morgan fingerprint density at radius 1 is 0.913 bits per heavy atom. The number of ether oxygens (including phenoxy) is 1. The number of nitrogens with zero attached hydrogens (tertiary/aromatic N) is 3. The number of amides is 2. The topological polar surface area (TPSA) is 116 Å². The number of likely N-dealkylation sites (tertiary alicyclic amines) is 1. The van der Waals surface area contributed by atoms with Crippen LogP contribution in [-0.2, 0) is 9.53 Å². The van der Waals surface area contributed by atoms with Gasteiger partial charge < -0.3 is 24.9 Å². The minimum Gasteiger partial charge on any atom is -0.453 e. The first-order chi connectivity index (χ1) is 22.3. The van der Waals surface area contributed by atoms with Crippen molar-refractivity contribution in [3.63, 3.8) is 0 Å². The van der Waals surface area contributed by atoms with E-state index in [1.165, 1.54) is 38.6 Å². The Balaban J connectivity index is 1.04. The highest BCUT2D eigenvalue weighted by molar-refractivity contribution is 5.86. The van der Waals surface area contributed by atoms with Crippen LogP contribution in [0.4, 0.5) is 4.79 Å². The summed E-state index contributed by atoms with van der Waals surface area (Å²) in [6, 6.07) is 14.4. The van der Waals surface area contributed by atoms with E-state index in [4.69, 9.17) is 14.7 Å². The maximum absolute atomic E-state index is 13.5. The quantitative estimate of drug-likeness (QED) is 0.190. The van der Waals surface area contributed by atoms with E-state index in [-0.39, 0.29) is 17.9 Å². The molecule has 0 radical (unpaired) electrons. The van der Waals surface area contributed by atoms with Crippen molar-refractivity contribution in [2.75, 3.05) is 13.7 Å². The van der Waals surface area contributed by atoms with Gasteiger partial charge in [-0.3, -0.25) is 4.79 Å². The van der Waals surface area contributed by atoms with Gasteiger partial charge in [0, 0.05) is 18.0 Å². The number of imidazole rings is 2. The van der Waals surface area contributed by atoms with E-state index in [1.54, 1.807) is 0 Å². The van der Waals surface area contributed by atoms with Gasteiger partial charge in [-0.1, -0.05) is 62.7 Å². The van der Waals surface area contributed by atoms with E-state index in [1.807, 2.05) is 31.1 Å². The third-order valence-electron chi connectivity index (χ3n) is 10.6. The molecule has 5 unspecified atom stereocenters. The van der Waals surface area contributed by atoms with E-state index in [2.05, 4.69) is 64.7 Å². The molecule has 4 aromatic rings. The highest BCUT2D eigenvalue weighted by atomic mass is 16.5. The molecule has 0 spiro atoms. The first-order valence-corrected chi connectivity index (χ1v) is 16.8. The van der Waals surface area contributed by atoms with Crippen molar-refractivity contribution < 1.29 is 14.3 Å². The van der Waals surface area contributed by atoms with Crippen molar-refractivity contribution in [1.29, 1.82) is 0 Å². The summed E-state index contributed by atoms with van der Waals surface area (Å²) in [7, 11) is 1.31. The molecule has 7 rings (SSSR count). The van der Waals surface area contributed by atoms with Gasteiger partial charge in [0.1, 0.15) is 17.7 Å².